The first-order valence-corrected chi connectivity index (χ1v) is 19.2. The molecule has 298 valence electrons. The molecule has 1 spiro atoms. The summed E-state index contributed by atoms with van der Waals surface area (Å²) in [6, 6.07) is 6.64. The molecule has 8 heterocycles. The van der Waals surface area contributed by atoms with Gasteiger partial charge in [0.15, 0.2) is 0 Å². The predicted octanol–water partition coefficient (Wildman–Crippen LogP) is 4.85. The number of ether oxygens (including phenoxy) is 3. The molecule has 9 rings (SSSR count). The standard InChI is InChI=1S/C39H47F3N10O4/c1-24-35-38(56-18-15-51(35)37(53)52-36(24)44-25(2)45-52)9-12-47(21-38)23-49(14-17-55-5)30-19-26-8-11-46(3)34-31(27-7-6-10-50(30)33(26)27)28(39(40,41)42)20-29-32(34)43-22-48(29)13-16-54-4/h6-7,10,19-20,22,24,35H,8-9,11-18,21,23H2,1-5H3. The fraction of sp³-hybridized carbons (Fsp3) is 0.538. The van der Waals surface area contributed by atoms with Crippen LogP contribution in [0.15, 0.2) is 36.8 Å². The number of amides is 1. The average molecular weight is 777 g/mol. The number of hydrogen-bond donors (Lipinski definition) is 0. The minimum absolute atomic E-state index is 0.0771. The van der Waals surface area contributed by atoms with Crippen LogP contribution in [-0.2, 0) is 33.4 Å². The lowest BCUT2D eigenvalue weighted by Gasteiger charge is -2.51. The van der Waals surface area contributed by atoms with Crippen molar-refractivity contribution in [3.8, 4) is 11.1 Å². The highest BCUT2D eigenvalue weighted by Gasteiger charge is 2.57. The number of carbonyl (C=O) groups is 1. The quantitative estimate of drug-likeness (QED) is 0.206. The Balaban J connectivity index is 1.10. The van der Waals surface area contributed by atoms with Gasteiger partial charge in [0.05, 0.1) is 61.1 Å². The van der Waals surface area contributed by atoms with Crippen LogP contribution in [0.2, 0.25) is 0 Å². The number of alkyl halides is 3. The summed E-state index contributed by atoms with van der Waals surface area (Å²) in [5.41, 5.74) is 2.50. The van der Waals surface area contributed by atoms with E-state index in [2.05, 4.69) is 37.9 Å². The topological polar surface area (TPSA) is 111 Å². The number of aryl methyl sites for hydroxylation is 1. The monoisotopic (exact) mass is 776 g/mol. The zero-order chi connectivity index (χ0) is 39.1. The molecule has 0 radical (unpaired) electrons. The molecule has 14 nitrogen and oxygen atoms in total. The Hall–Kier alpha value is -4.71. The van der Waals surface area contributed by atoms with Gasteiger partial charge in [0.1, 0.15) is 28.6 Å². The molecule has 4 aliphatic heterocycles. The number of fused-ring (bicyclic) bond motifs is 7. The second kappa shape index (κ2) is 13.7. The number of methoxy groups -OCH3 is 2. The first kappa shape index (κ1) is 36.9. The molecule has 2 fully saturated rings. The maximum atomic E-state index is 15.2. The van der Waals surface area contributed by atoms with Crippen molar-refractivity contribution in [2.24, 2.45) is 0 Å². The van der Waals surface area contributed by atoms with E-state index in [-0.39, 0.29) is 23.6 Å². The van der Waals surface area contributed by atoms with Gasteiger partial charge in [-0.2, -0.15) is 17.9 Å². The lowest BCUT2D eigenvalue weighted by atomic mass is 9.80. The number of nitrogens with zero attached hydrogens (tertiary/aromatic N) is 10. The number of anilines is 2. The number of likely N-dealkylation sites (tertiary alicyclic amines) is 1. The average Bonchev–Trinajstić information content (AvgIpc) is 3.96. The van der Waals surface area contributed by atoms with Crippen LogP contribution in [-0.4, -0.2) is 137 Å². The van der Waals surface area contributed by atoms with Gasteiger partial charge >= 0.3 is 12.2 Å². The summed E-state index contributed by atoms with van der Waals surface area (Å²) < 4.78 is 68.4. The van der Waals surface area contributed by atoms with Crippen molar-refractivity contribution in [1.29, 1.82) is 0 Å². The van der Waals surface area contributed by atoms with Crippen LogP contribution in [0.3, 0.4) is 0 Å². The Kier molecular flexibility index (Phi) is 9.06. The van der Waals surface area contributed by atoms with E-state index in [0.29, 0.717) is 99.6 Å². The van der Waals surface area contributed by atoms with Crippen LogP contribution in [0, 0.1) is 6.92 Å². The summed E-state index contributed by atoms with van der Waals surface area (Å²) in [6.45, 7) is 8.92. The largest absolute Gasteiger partial charge is 0.417 e. The van der Waals surface area contributed by atoms with E-state index in [1.807, 2.05) is 33.5 Å². The molecule has 56 heavy (non-hydrogen) atoms. The Labute approximate surface area is 322 Å². The summed E-state index contributed by atoms with van der Waals surface area (Å²) in [5.74, 6) is 2.03. The number of benzene rings is 1. The van der Waals surface area contributed by atoms with Crippen molar-refractivity contribution < 1.29 is 32.2 Å². The molecule has 1 amide bonds. The van der Waals surface area contributed by atoms with Crippen molar-refractivity contribution in [1.82, 2.24) is 38.5 Å². The SMILES string of the molecule is COCCN(CN1CCC2(C1)OCCN1C(=O)n3nc(C)nc3C(C)C12)c1cc2c3c(cccn13)-c1c(C(F)(F)F)cc3c(ncn3CCOC)c1N(C)CC2. The zero-order valence-corrected chi connectivity index (χ0v) is 32.3. The number of carbonyl (C=O) groups excluding carboxylic acids is 1. The molecule has 5 aromatic rings. The molecule has 3 unspecified atom stereocenters. The highest BCUT2D eigenvalue weighted by Crippen LogP contribution is 2.49. The Morgan fingerprint density at radius 3 is 2.73 bits per heavy atom. The predicted molar refractivity (Wildman–Crippen MR) is 203 cm³/mol. The van der Waals surface area contributed by atoms with E-state index >= 15 is 13.2 Å². The van der Waals surface area contributed by atoms with E-state index in [1.165, 1.54) is 10.7 Å². The Morgan fingerprint density at radius 2 is 1.95 bits per heavy atom. The van der Waals surface area contributed by atoms with Crippen LogP contribution in [0.1, 0.15) is 42.0 Å². The maximum absolute atomic E-state index is 15.2. The van der Waals surface area contributed by atoms with Crippen molar-refractivity contribution in [2.45, 2.75) is 57.0 Å². The molecule has 0 bridgehead atoms. The molecule has 1 aromatic carbocycles. The molecule has 0 saturated carbocycles. The smallest absolute Gasteiger partial charge is 0.383 e. The molecule has 4 aliphatic rings. The third-order valence-corrected chi connectivity index (χ3v) is 12.2. The van der Waals surface area contributed by atoms with Crippen molar-refractivity contribution in [2.75, 3.05) is 90.3 Å². The number of imidazole rings is 1. The molecule has 0 N–H and O–H groups in total. The molecular formula is C39H47F3N10O4. The van der Waals surface area contributed by atoms with Crippen molar-refractivity contribution >= 4 is 34.1 Å². The minimum atomic E-state index is -4.63. The van der Waals surface area contributed by atoms with Gasteiger partial charge < -0.3 is 37.9 Å². The molecule has 0 aliphatic carbocycles. The number of halogens is 3. The van der Waals surface area contributed by atoms with E-state index in [1.54, 1.807) is 38.1 Å². The first-order valence-electron chi connectivity index (χ1n) is 19.2. The van der Waals surface area contributed by atoms with E-state index < -0.39 is 17.3 Å². The summed E-state index contributed by atoms with van der Waals surface area (Å²) >= 11 is 0. The van der Waals surface area contributed by atoms with Crippen LogP contribution in [0.5, 0.6) is 0 Å². The van der Waals surface area contributed by atoms with Crippen LogP contribution < -0.4 is 9.80 Å². The van der Waals surface area contributed by atoms with Crippen LogP contribution >= 0.6 is 0 Å². The molecule has 3 atom stereocenters. The summed E-state index contributed by atoms with van der Waals surface area (Å²) in [5, 5.41) is 4.39. The molecule has 2 saturated heterocycles. The highest BCUT2D eigenvalue weighted by molar-refractivity contribution is 6.04. The zero-order valence-electron chi connectivity index (χ0n) is 32.3. The van der Waals surface area contributed by atoms with Crippen LogP contribution in [0.4, 0.5) is 29.5 Å². The number of likely N-dealkylation sites (N-methyl/N-ethyl adjacent to an activating group) is 1. The number of hydrogen-bond acceptors (Lipinski definition) is 10. The third kappa shape index (κ3) is 5.76. The van der Waals surface area contributed by atoms with Gasteiger partial charge in [0, 0.05) is 83.8 Å². The Bertz CT molecular complexity index is 2320. The second-order valence-electron chi connectivity index (χ2n) is 15.5. The lowest BCUT2D eigenvalue weighted by molar-refractivity contribution is -0.137. The van der Waals surface area contributed by atoms with Crippen molar-refractivity contribution in [3.63, 3.8) is 0 Å². The van der Waals surface area contributed by atoms with Gasteiger partial charge in [-0.3, -0.25) is 4.90 Å². The summed E-state index contributed by atoms with van der Waals surface area (Å²) in [6.07, 6.45) is 0.267. The van der Waals surface area contributed by atoms with Crippen molar-refractivity contribution in [3.05, 3.63) is 59.6 Å². The maximum Gasteiger partial charge on any atom is 0.417 e. The van der Waals surface area contributed by atoms with E-state index in [9.17, 15) is 4.79 Å². The lowest BCUT2D eigenvalue weighted by Crippen LogP contribution is -2.67. The van der Waals surface area contributed by atoms with Gasteiger partial charge in [0.2, 0.25) is 0 Å². The highest BCUT2D eigenvalue weighted by atomic mass is 19.4. The normalized spacial score (nSPS) is 22.5. The number of morpholine rings is 1. The van der Waals surface area contributed by atoms with E-state index in [0.717, 1.165) is 29.9 Å². The second-order valence-corrected chi connectivity index (χ2v) is 15.5. The van der Waals surface area contributed by atoms with Gasteiger partial charge in [0.25, 0.3) is 0 Å². The summed E-state index contributed by atoms with van der Waals surface area (Å²) in [7, 11) is 5.09. The summed E-state index contributed by atoms with van der Waals surface area (Å²) in [4.78, 5) is 31.4. The molecular weight excluding hydrogens is 729 g/mol. The van der Waals surface area contributed by atoms with E-state index in [4.69, 9.17) is 14.2 Å². The number of aromatic nitrogens is 6. The molecule has 17 heteroatoms. The third-order valence-electron chi connectivity index (χ3n) is 12.2. The fourth-order valence-electron chi connectivity index (χ4n) is 9.76. The number of rotatable bonds is 9. The number of pyridine rings is 1. The van der Waals surface area contributed by atoms with Gasteiger partial charge in [-0.25, -0.2) is 14.8 Å². The minimum Gasteiger partial charge on any atom is -0.383 e. The fourth-order valence-corrected chi connectivity index (χ4v) is 9.76. The first-order chi connectivity index (χ1) is 26.9. The van der Waals surface area contributed by atoms with Gasteiger partial charge in [-0.05, 0) is 43.5 Å². The van der Waals surface area contributed by atoms with Gasteiger partial charge in [-0.1, -0.05) is 13.0 Å². The van der Waals surface area contributed by atoms with Crippen LogP contribution in [0.25, 0.3) is 27.7 Å². The Morgan fingerprint density at radius 1 is 1.12 bits per heavy atom. The molecule has 4 aromatic heterocycles. The van der Waals surface area contributed by atoms with Gasteiger partial charge in [-0.15, -0.1) is 5.10 Å².